The number of ether oxygens (including phenoxy) is 1. The van der Waals surface area contributed by atoms with Crippen molar-refractivity contribution in [3.05, 3.63) is 33.4 Å². The van der Waals surface area contributed by atoms with Crippen molar-refractivity contribution in [2.75, 3.05) is 7.11 Å². The quantitative estimate of drug-likeness (QED) is 0.865. The van der Waals surface area contributed by atoms with Crippen molar-refractivity contribution < 1.29 is 14.6 Å². The highest BCUT2D eigenvalue weighted by Gasteiger charge is 2.16. The lowest BCUT2D eigenvalue weighted by atomic mass is 10.1. The SMILES string of the molecule is COC(Cc1ccc(I)cc1)C(=O)O. The van der Waals surface area contributed by atoms with Crippen LogP contribution in [0.4, 0.5) is 0 Å². The molecule has 0 aliphatic heterocycles. The molecular weight excluding hydrogens is 295 g/mol. The molecule has 14 heavy (non-hydrogen) atoms. The second-order valence-electron chi connectivity index (χ2n) is 2.89. The van der Waals surface area contributed by atoms with E-state index >= 15 is 0 Å². The molecule has 0 amide bonds. The van der Waals surface area contributed by atoms with Crippen LogP contribution >= 0.6 is 22.6 Å². The molecule has 0 saturated heterocycles. The minimum atomic E-state index is -0.925. The van der Waals surface area contributed by atoms with Crippen molar-refractivity contribution in [3.8, 4) is 0 Å². The van der Waals surface area contributed by atoms with Gasteiger partial charge in [0.15, 0.2) is 6.10 Å². The second kappa shape index (κ2) is 5.31. The molecule has 1 aromatic carbocycles. The molecule has 1 rings (SSSR count). The predicted octanol–water partition coefficient (Wildman–Crippen LogP) is 1.93. The molecule has 0 saturated carbocycles. The van der Waals surface area contributed by atoms with Gasteiger partial charge in [0.05, 0.1) is 0 Å². The first-order valence-electron chi connectivity index (χ1n) is 4.13. The summed E-state index contributed by atoms with van der Waals surface area (Å²) in [6.07, 6.45) is -0.349. The van der Waals surface area contributed by atoms with Crippen LogP contribution < -0.4 is 0 Å². The molecule has 0 aliphatic rings. The van der Waals surface area contributed by atoms with Gasteiger partial charge in [0.1, 0.15) is 0 Å². The van der Waals surface area contributed by atoms with Crippen molar-refractivity contribution in [2.45, 2.75) is 12.5 Å². The average Bonchev–Trinajstić information content (AvgIpc) is 2.16. The van der Waals surface area contributed by atoms with Crippen LogP contribution in [0.2, 0.25) is 0 Å². The van der Waals surface area contributed by atoms with Crippen LogP contribution in [0.25, 0.3) is 0 Å². The summed E-state index contributed by atoms with van der Waals surface area (Å²) in [5.74, 6) is -0.925. The van der Waals surface area contributed by atoms with E-state index in [9.17, 15) is 4.79 Å². The van der Waals surface area contributed by atoms with Crippen LogP contribution in [0.5, 0.6) is 0 Å². The van der Waals surface area contributed by atoms with E-state index in [4.69, 9.17) is 9.84 Å². The molecule has 76 valence electrons. The molecule has 0 aliphatic carbocycles. The van der Waals surface area contributed by atoms with Gasteiger partial charge in [-0.1, -0.05) is 12.1 Å². The highest BCUT2D eigenvalue weighted by atomic mass is 127. The maximum atomic E-state index is 10.7. The van der Waals surface area contributed by atoms with Gasteiger partial charge in [-0.3, -0.25) is 0 Å². The Kier molecular flexibility index (Phi) is 4.34. The predicted molar refractivity (Wildman–Crippen MR) is 61.3 cm³/mol. The highest BCUT2D eigenvalue weighted by Crippen LogP contribution is 2.09. The normalized spacial score (nSPS) is 12.4. The number of carboxylic acids is 1. The zero-order valence-corrected chi connectivity index (χ0v) is 9.89. The van der Waals surface area contributed by atoms with E-state index in [1.54, 1.807) is 0 Å². The molecule has 0 heterocycles. The topological polar surface area (TPSA) is 46.5 Å². The van der Waals surface area contributed by atoms with Crippen LogP contribution in [-0.4, -0.2) is 24.3 Å². The largest absolute Gasteiger partial charge is 0.479 e. The van der Waals surface area contributed by atoms with Gasteiger partial charge in [0.25, 0.3) is 0 Å². The van der Waals surface area contributed by atoms with Crippen LogP contribution in [0, 0.1) is 3.57 Å². The van der Waals surface area contributed by atoms with Gasteiger partial charge in [-0.05, 0) is 40.3 Å². The number of carboxylic acid groups (broad SMARTS) is 1. The summed E-state index contributed by atoms with van der Waals surface area (Å²) in [4.78, 5) is 10.7. The number of benzene rings is 1. The number of hydrogen-bond acceptors (Lipinski definition) is 2. The number of rotatable bonds is 4. The number of halogens is 1. The molecule has 0 spiro atoms. The first-order chi connectivity index (χ1) is 6.63. The monoisotopic (exact) mass is 306 g/mol. The lowest BCUT2D eigenvalue weighted by Crippen LogP contribution is -2.24. The van der Waals surface area contributed by atoms with Crippen molar-refractivity contribution in [1.82, 2.24) is 0 Å². The molecule has 1 unspecified atom stereocenters. The van der Waals surface area contributed by atoms with Gasteiger partial charge in [-0.25, -0.2) is 4.79 Å². The average molecular weight is 306 g/mol. The molecule has 4 heteroatoms. The van der Waals surface area contributed by atoms with E-state index in [-0.39, 0.29) is 0 Å². The Bertz CT molecular complexity index is 308. The third-order valence-corrected chi connectivity index (χ3v) is 2.61. The third-order valence-electron chi connectivity index (χ3n) is 1.89. The minimum Gasteiger partial charge on any atom is -0.479 e. The van der Waals surface area contributed by atoms with Crippen molar-refractivity contribution in [2.24, 2.45) is 0 Å². The standard InChI is InChI=1S/C10H11IO3/c1-14-9(10(12)13)6-7-2-4-8(11)5-3-7/h2-5,9H,6H2,1H3,(H,12,13). The Morgan fingerprint density at radius 1 is 1.50 bits per heavy atom. The minimum absolute atomic E-state index is 0.406. The molecule has 0 bridgehead atoms. The van der Waals surface area contributed by atoms with Crippen molar-refractivity contribution in [1.29, 1.82) is 0 Å². The summed E-state index contributed by atoms with van der Waals surface area (Å²) >= 11 is 2.21. The van der Waals surface area contributed by atoms with E-state index in [1.807, 2.05) is 24.3 Å². The first-order valence-corrected chi connectivity index (χ1v) is 5.21. The summed E-state index contributed by atoms with van der Waals surface area (Å²) in [6, 6.07) is 7.72. The van der Waals surface area contributed by atoms with Gasteiger partial charge in [0.2, 0.25) is 0 Å². The molecule has 0 radical (unpaired) electrons. The molecular formula is C10H11IO3. The van der Waals surface area contributed by atoms with Gasteiger partial charge in [0, 0.05) is 17.1 Å². The zero-order valence-electron chi connectivity index (χ0n) is 7.74. The molecule has 1 N–H and O–H groups in total. The highest BCUT2D eigenvalue weighted by molar-refractivity contribution is 14.1. The number of aliphatic carboxylic acids is 1. The van der Waals surface area contributed by atoms with E-state index in [0.717, 1.165) is 9.13 Å². The lowest BCUT2D eigenvalue weighted by molar-refractivity contribution is -0.148. The Hall–Kier alpha value is -0.620. The van der Waals surface area contributed by atoms with Crippen LogP contribution in [0.3, 0.4) is 0 Å². The first kappa shape index (κ1) is 11.5. The lowest BCUT2D eigenvalue weighted by Gasteiger charge is -2.09. The Labute approximate surface area is 96.2 Å². The Balaban J connectivity index is 2.67. The van der Waals surface area contributed by atoms with Crippen LogP contribution in [-0.2, 0) is 16.0 Å². The fourth-order valence-electron chi connectivity index (χ4n) is 1.11. The van der Waals surface area contributed by atoms with Gasteiger partial charge in [-0.15, -0.1) is 0 Å². The number of methoxy groups -OCH3 is 1. The summed E-state index contributed by atoms with van der Waals surface area (Å²) in [5.41, 5.74) is 0.972. The maximum Gasteiger partial charge on any atom is 0.333 e. The van der Waals surface area contributed by atoms with Crippen molar-refractivity contribution in [3.63, 3.8) is 0 Å². The fourth-order valence-corrected chi connectivity index (χ4v) is 1.47. The maximum absolute atomic E-state index is 10.7. The summed E-state index contributed by atoms with van der Waals surface area (Å²) in [5, 5.41) is 8.76. The number of hydrogen-bond donors (Lipinski definition) is 1. The van der Waals surface area contributed by atoms with Gasteiger partial charge >= 0.3 is 5.97 Å². The Morgan fingerprint density at radius 3 is 2.50 bits per heavy atom. The summed E-state index contributed by atoms with van der Waals surface area (Å²) in [7, 11) is 1.41. The zero-order chi connectivity index (χ0) is 10.6. The number of carbonyl (C=O) groups is 1. The van der Waals surface area contributed by atoms with Gasteiger partial charge < -0.3 is 9.84 Å². The van der Waals surface area contributed by atoms with E-state index < -0.39 is 12.1 Å². The summed E-state index contributed by atoms with van der Waals surface area (Å²) < 4.78 is 5.98. The molecule has 1 aromatic rings. The van der Waals surface area contributed by atoms with E-state index in [1.165, 1.54) is 7.11 Å². The smallest absolute Gasteiger partial charge is 0.333 e. The van der Waals surface area contributed by atoms with E-state index in [2.05, 4.69) is 22.6 Å². The third kappa shape index (κ3) is 3.26. The Morgan fingerprint density at radius 2 is 2.07 bits per heavy atom. The van der Waals surface area contributed by atoms with Crippen molar-refractivity contribution >= 4 is 28.6 Å². The molecule has 1 atom stereocenters. The fraction of sp³-hybridized carbons (Fsp3) is 0.300. The summed E-state index contributed by atoms with van der Waals surface area (Å²) in [6.45, 7) is 0. The second-order valence-corrected chi connectivity index (χ2v) is 4.14. The van der Waals surface area contributed by atoms with Gasteiger partial charge in [-0.2, -0.15) is 0 Å². The van der Waals surface area contributed by atoms with Crippen LogP contribution in [0.15, 0.2) is 24.3 Å². The van der Waals surface area contributed by atoms with E-state index in [0.29, 0.717) is 6.42 Å². The molecule has 0 fully saturated rings. The molecule has 0 aromatic heterocycles. The van der Waals surface area contributed by atoms with Crippen LogP contribution in [0.1, 0.15) is 5.56 Å². The molecule has 3 nitrogen and oxygen atoms in total.